The molecule has 2 heterocycles. The van der Waals surface area contributed by atoms with Crippen LogP contribution in [0.15, 0.2) is 12.1 Å². The molecule has 1 aliphatic heterocycles. The van der Waals surface area contributed by atoms with E-state index in [1.165, 1.54) is 0 Å². The SMILES string of the molecule is CCC1(C)CNc2ccc(C)nc2N1. The smallest absolute Gasteiger partial charge is 0.150 e. The van der Waals surface area contributed by atoms with E-state index in [0.29, 0.717) is 0 Å². The van der Waals surface area contributed by atoms with Gasteiger partial charge in [0.1, 0.15) is 5.82 Å². The van der Waals surface area contributed by atoms with Gasteiger partial charge in [0.15, 0.2) is 0 Å². The van der Waals surface area contributed by atoms with Gasteiger partial charge in [-0.3, -0.25) is 0 Å². The number of nitrogens with zero attached hydrogens (tertiary/aromatic N) is 1. The van der Waals surface area contributed by atoms with Gasteiger partial charge in [-0.25, -0.2) is 4.98 Å². The van der Waals surface area contributed by atoms with Crippen LogP contribution in [0.4, 0.5) is 11.5 Å². The van der Waals surface area contributed by atoms with Gasteiger partial charge in [-0.2, -0.15) is 0 Å². The Bertz CT molecular complexity index is 348. The topological polar surface area (TPSA) is 37.0 Å². The van der Waals surface area contributed by atoms with E-state index in [1.54, 1.807) is 0 Å². The molecule has 0 amide bonds. The predicted octanol–water partition coefficient (Wildman–Crippen LogP) is 2.40. The second kappa shape index (κ2) is 3.15. The molecule has 1 aromatic rings. The molecule has 0 saturated carbocycles. The molecule has 1 aromatic heterocycles. The van der Waals surface area contributed by atoms with Gasteiger partial charge in [0, 0.05) is 12.2 Å². The zero-order chi connectivity index (χ0) is 10.2. The van der Waals surface area contributed by atoms with Crippen LogP contribution in [0.1, 0.15) is 26.0 Å². The average Bonchev–Trinajstić information content (AvgIpc) is 2.17. The van der Waals surface area contributed by atoms with Gasteiger partial charge < -0.3 is 10.6 Å². The summed E-state index contributed by atoms with van der Waals surface area (Å²) in [5.41, 5.74) is 2.30. The van der Waals surface area contributed by atoms with Crippen LogP contribution in [-0.4, -0.2) is 17.1 Å². The van der Waals surface area contributed by atoms with Crippen molar-refractivity contribution in [2.45, 2.75) is 32.7 Å². The average molecular weight is 191 g/mol. The van der Waals surface area contributed by atoms with Crippen molar-refractivity contribution in [1.82, 2.24) is 4.98 Å². The Morgan fingerprint density at radius 1 is 1.50 bits per heavy atom. The van der Waals surface area contributed by atoms with Gasteiger partial charge in [-0.05, 0) is 32.4 Å². The lowest BCUT2D eigenvalue weighted by Crippen LogP contribution is -2.44. The van der Waals surface area contributed by atoms with Crippen LogP contribution in [-0.2, 0) is 0 Å². The first-order valence-corrected chi connectivity index (χ1v) is 5.13. The van der Waals surface area contributed by atoms with Crippen LogP contribution in [0.5, 0.6) is 0 Å². The zero-order valence-electron chi connectivity index (χ0n) is 9.02. The van der Waals surface area contributed by atoms with Crippen molar-refractivity contribution in [3.8, 4) is 0 Å². The van der Waals surface area contributed by atoms with Gasteiger partial charge in [0.05, 0.1) is 11.2 Å². The fourth-order valence-electron chi connectivity index (χ4n) is 1.63. The van der Waals surface area contributed by atoms with Crippen molar-refractivity contribution in [3.63, 3.8) is 0 Å². The predicted molar refractivity (Wildman–Crippen MR) is 59.8 cm³/mol. The van der Waals surface area contributed by atoms with E-state index in [0.717, 1.165) is 30.2 Å². The minimum atomic E-state index is 0.133. The zero-order valence-corrected chi connectivity index (χ0v) is 9.02. The van der Waals surface area contributed by atoms with Crippen molar-refractivity contribution in [1.29, 1.82) is 0 Å². The Hall–Kier alpha value is -1.25. The summed E-state index contributed by atoms with van der Waals surface area (Å²) in [7, 11) is 0. The summed E-state index contributed by atoms with van der Waals surface area (Å²) in [6.07, 6.45) is 1.09. The summed E-state index contributed by atoms with van der Waals surface area (Å²) in [4.78, 5) is 4.48. The molecule has 0 radical (unpaired) electrons. The Labute approximate surface area is 84.9 Å². The molecule has 1 atom stereocenters. The van der Waals surface area contributed by atoms with Gasteiger partial charge >= 0.3 is 0 Å². The maximum Gasteiger partial charge on any atom is 0.150 e. The highest BCUT2D eigenvalue weighted by Gasteiger charge is 2.27. The molecule has 0 spiro atoms. The molecule has 0 saturated heterocycles. The van der Waals surface area contributed by atoms with E-state index < -0.39 is 0 Å². The van der Waals surface area contributed by atoms with Crippen molar-refractivity contribution in [2.24, 2.45) is 0 Å². The van der Waals surface area contributed by atoms with E-state index in [1.807, 2.05) is 13.0 Å². The van der Waals surface area contributed by atoms with E-state index in [4.69, 9.17) is 0 Å². The Morgan fingerprint density at radius 3 is 3.00 bits per heavy atom. The van der Waals surface area contributed by atoms with E-state index in [-0.39, 0.29) is 5.54 Å². The van der Waals surface area contributed by atoms with Crippen LogP contribution in [0, 0.1) is 6.92 Å². The summed E-state index contributed by atoms with van der Waals surface area (Å²) in [6.45, 7) is 7.38. The van der Waals surface area contributed by atoms with Crippen LogP contribution in [0.25, 0.3) is 0 Å². The molecule has 2 N–H and O–H groups in total. The van der Waals surface area contributed by atoms with Crippen molar-refractivity contribution < 1.29 is 0 Å². The second-order valence-electron chi connectivity index (χ2n) is 4.24. The van der Waals surface area contributed by atoms with Crippen LogP contribution in [0.3, 0.4) is 0 Å². The maximum atomic E-state index is 4.48. The third kappa shape index (κ3) is 1.54. The number of anilines is 2. The molecule has 1 aliphatic rings. The lowest BCUT2D eigenvalue weighted by atomic mass is 9.96. The third-order valence-electron chi connectivity index (χ3n) is 2.90. The highest BCUT2D eigenvalue weighted by Crippen LogP contribution is 2.29. The highest BCUT2D eigenvalue weighted by atomic mass is 15.2. The molecular formula is C11H17N3. The first kappa shape index (κ1) is 9.31. The number of hydrogen-bond acceptors (Lipinski definition) is 3. The molecule has 3 heteroatoms. The minimum absolute atomic E-state index is 0.133. The number of aryl methyl sites for hydroxylation is 1. The Morgan fingerprint density at radius 2 is 2.29 bits per heavy atom. The molecule has 0 fully saturated rings. The monoisotopic (exact) mass is 191 g/mol. The number of nitrogens with one attached hydrogen (secondary N) is 2. The van der Waals surface area contributed by atoms with E-state index >= 15 is 0 Å². The first-order chi connectivity index (χ1) is 6.63. The van der Waals surface area contributed by atoms with Gasteiger partial charge in [0.2, 0.25) is 0 Å². The lowest BCUT2D eigenvalue weighted by Gasteiger charge is -2.36. The molecule has 14 heavy (non-hydrogen) atoms. The number of rotatable bonds is 1. The minimum Gasteiger partial charge on any atom is -0.380 e. The molecular weight excluding hydrogens is 174 g/mol. The fraction of sp³-hybridized carbons (Fsp3) is 0.545. The molecule has 0 bridgehead atoms. The number of pyridine rings is 1. The van der Waals surface area contributed by atoms with Gasteiger partial charge in [-0.1, -0.05) is 6.92 Å². The molecule has 0 aromatic carbocycles. The normalized spacial score (nSPS) is 24.8. The summed E-state index contributed by atoms with van der Waals surface area (Å²) >= 11 is 0. The Kier molecular flexibility index (Phi) is 2.10. The molecule has 2 rings (SSSR count). The largest absolute Gasteiger partial charge is 0.380 e. The number of aromatic nitrogens is 1. The quantitative estimate of drug-likeness (QED) is 0.715. The van der Waals surface area contributed by atoms with Gasteiger partial charge in [0.25, 0.3) is 0 Å². The maximum absolute atomic E-state index is 4.48. The summed E-state index contributed by atoms with van der Waals surface area (Å²) < 4.78 is 0. The fourth-order valence-corrected chi connectivity index (χ4v) is 1.63. The standard InChI is InChI=1S/C11H17N3/c1-4-11(3)7-12-9-6-5-8(2)13-10(9)14-11/h5-6,12H,4,7H2,1-3H3,(H,13,14). The highest BCUT2D eigenvalue weighted by molar-refractivity contribution is 5.68. The molecule has 76 valence electrons. The van der Waals surface area contributed by atoms with E-state index in [2.05, 4.69) is 35.5 Å². The summed E-state index contributed by atoms with van der Waals surface area (Å²) in [5, 5.41) is 6.90. The number of hydrogen-bond donors (Lipinski definition) is 2. The van der Waals surface area contributed by atoms with Gasteiger partial charge in [-0.15, -0.1) is 0 Å². The first-order valence-electron chi connectivity index (χ1n) is 5.13. The van der Waals surface area contributed by atoms with Crippen LogP contribution < -0.4 is 10.6 Å². The molecule has 0 aliphatic carbocycles. The molecule has 1 unspecified atom stereocenters. The van der Waals surface area contributed by atoms with Crippen molar-refractivity contribution >= 4 is 11.5 Å². The van der Waals surface area contributed by atoms with Crippen molar-refractivity contribution in [3.05, 3.63) is 17.8 Å². The van der Waals surface area contributed by atoms with Crippen LogP contribution in [0.2, 0.25) is 0 Å². The number of fused-ring (bicyclic) bond motifs is 1. The van der Waals surface area contributed by atoms with Crippen LogP contribution >= 0.6 is 0 Å². The summed E-state index contributed by atoms with van der Waals surface area (Å²) in [6, 6.07) is 4.11. The summed E-state index contributed by atoms with van der Waals surface area (Å²) in [5.74, 6) is 0.987. The Balaban J connectivity index is 2.33. The third-order valence-corrected chi connectivity index (χ3v) is 2.90. The second-order valence-corrected chi connectivity index (χ2v) is 4.24. The van der Waals surface area contributed by atoms with Crippen molar-refractivity contribution in [2.75, 3.05) is 17.2 Å². The molecule has 3 nitrogen and oxygen atoms in total. The lowest BCUT2D eigenvalue weighted by molar-refractivity contribution is 0.510. The van der Waals surface area contributed by atoms with E-state index in [9.17, 15) is 0 Å².